The van der Waals surface area contributed by atoms with Crippen molar-refractivity contribution in [3.05, 3.63) is 69.7 Å². The van der Waals surface area contributed by atoms with Crippen LogP contribution < -0.4 is 0 Å². The molecule has 2 aromatic carbocycles. The van der Waals surface area contributed by atoms with Gasteiger partial charge in [-0.15, -0.1) is 0 Å². The molecule has 0 amide bonds. The molecule has 5 heteroatoms. The molecule has 3 rings (SSSR count). The molecule has 1 unspecified atom stereocenters. The summed E-state index contributed by atoms with van der Waals surface area (Å²) < 4.78 is 6.26. The van der Waals surface area contributed by atoms with Crippen molar-refractivity contribution in [2.45, 2.75) is 25.0 Å². The third kappa shape index (κ3) is 4.55. The van der Waals surface area contributed by atoms with Gasteiger partial charge in [0.2, 0.25) is 0 Å². The highest BCUT2D eigenvalue weighted by molar-refractivity contribution is 6.42. The molecule has 0 spiro atoms. The highest BCUT2D eigenvalue weighted by Crippen LogP contribution is 2.37. The summed E-state index contributed by atoms with van der Waals surface area (Å²) >= 11 is 12.3. The Morgan fingerprint density at radius 1 is 1.08 bits per heavy atom. The normalized spacial score (nSPS) is 21.4. The summed E-state index contributed by atoms with van der Waals surface area (Å²) in [5.41, 5.74) is 1.84. The van der Waals surface area contributed by atoms with E-state index in [9.17, 15) is 5.11 Å². The molecule has 0 aromatic heterocycles. The third-order valence-electron chi connectivity index (χ3n) is 4.70. The minimum atomic E-state index is -0.468. The van der Waals surface area contributed by atoms with Crippen LogP contribution in [0.4, 0.5) is 0 Å². The quantitative estimate of drug-likeness (QED) is 0.801. The Balaban J connectivity index is 1.84. The molecule has 1 saturated heterocycles. The van der Waals surface area contributed by atoms with Gasteiger partial charge in [0.15, 0.2) is 0 Å². The fourth-order valence-corrected chi connectivity index (χ4v) is 3.75. The van der Waals surface area contributed by atoms with E-state index < -0.39 is 5.60 Å². The van der Waals surface area contributed by atoms with E-state index in [1.807, 2.05) is 24.3 Å². The predicted octanol–water partition coefficient (Wildman–Crippen LogP) is 4.49. The number of ether oxygens (including phenoxy) is 1. The van der Waals surface area contributed by atoms with E-state index >= 15 is 0 Å². The largest absolute Gasteiger partial charge is 0.396 e. The molecule has 134 valence electrons. The number of benzene rings is 2. The standard InChI is InChI=1S/C20H23Cl2NO2/c21-18-8-7-17(13-19(18)22)20(9-4-11-24)15-23(10-12-25-20)14-16-5-2-1-3-6-16/h1-3,5-8,13,24H,4,9-12,14-15H2. The van der Waals surface area contributed by atoms with Crippen LogP contribution in [0, 0.1) is 0 Å². The number of hydrogen-bond acceptors (Lipinski definition) is 3. The van der Waals surface area contributed by atoms with E-state index in [1.165, 1.54) is 5.56 Å². The maximum absolute atomic E-state index is 9.34. The van der Waals surface area contributed by atoms with Crippen molar-refractivity contribution >= 4 is 23.2 Å². The average Bonchev–Trinajstić information content (AvgIpc) is 2.63. The Bertz CT molecular complexity index is 695. The van der Waals surface area contributed by atoms with Crippen molar-refractivity contribution in [1.82, 2.24) is 4.90 Å². The van der Waals surface area contributed by atoms with Crippen LogP contribution in [0.1, 0.15) is 24.0 Å². The van der Waals surface area contributed by atoms with Crippen molar-refractivity contribution < 1.29 is 9.84 Å². The summed E-state index contributed by atoms with van der Waals surface area (Å²) in [4.78, 5) is 2.40. The van der Waals surface area contributed by atoms with Crippen LogP contribution in [0.25, 0.3) is 0 Å². The van der Waals surface area contributed by atoms with E-state index in [4.69, 9.17) is 27.9 Å². The number of hydrogen-bond donors (Lipinski definition) is 1. The molecule has 25 heavy (non-hydrogen) atoms. The molecular formula is C20H23Cl2NO2. The molecule has 1 heterocycles. The lowest BCUT2D eigenvalue weighted by Crippen LogP contribution is -2.49. The van der Waals surface area contributed by atoms with Crippen LogP contribution >= 0.6 is 23.2 Å². The average molecular weight is 380 g/mol. The molecule has 0 aliphatic carbocycles. The first-order valence-electron chi connectivity index (χ1n) is 8.60. The topological polar surface area (TPSA) is 32.7 Å². The van der Waals surface area contributed by atoms with Crippen LogP contribution in [0.5, 0.6) is 0 Å². The van der Waals surface area contributed by atoms with E-state index in [2.05, 4.69) is 29.2 Å². The van der Waals surface area contributed by atoms with Gasteiger partial charge in [-0.2, -0.15) is 0 Å². The summed E-state index contributed by atoms with van der Waals surface area (Å²) in [7, 11) is 0. The summed E-state index contributed by atoms with van der Waals surface area (Å²) in [5, 5.41) is 10.4. The molecule has 1 aliphatic heterocycles. The zero-order valence-electron chi connectivity index (χ0n) is 14.1. The predicted molar refractivity (Wildman–Crippen MR) is 102 cm³/mol. The third-order valence-corrected chi connectivity index (χ3v) is 5.44. The van der Waals surface area contributed by atoms with E-state index in [-0.39, 0.29) is 6.61 Å². The van der Waals surface area contributed by atoms with Gasteiger partial charge in [-0.3, -0.25) is 4.90 Å². The maximum Gasteiger partial charge on any atom is 0.106 e. The first-order chi connectivity index (χ1) is 12.1. The molecular weight excluding hydrogens is 357 g/mol. The van der Waals surface area contributed by atoms with Crippen molar-refractivity contribution in [3.63, 3.8) is 0 Å². The van der Waals surface area contributed by atoms with Gasteiger partial charge < -0.3 is 9.84 Å². The van der Waals surface area contributed by atoms with Crippen LogP contribution in [0.2, 0.25) is 10.0 Å². The van der Waals surface area contributed by atoms with Gasteiger partial charge in [0.1, 0.15) is 5.60 Å². The fourth-order valence-electron chi connectivity index (χ4n) is 3.45. The zero-order chi connectivity index (χ0) is 17.7. The maximum atomic E-state index is 9.34. The van der Waals surface area contributed by atoms with Crippen LogP contribution in [0.15, 0.2) is 48.5 Å². The van der Waals surface area contributed by atoms with Crippen molar-refractivity contribution in [2.75, 3.05) is 26.3 Å². The molecule has 1 atom stereocenters. The zero-order valence-corrected chi connectivity index (χ0v) is 15.6. The van der Waals surface area contributed by atoms with Crippen LogP contribution in [-0.2, 0) is 16.9 Å². The molecule has 2 aromatic rings. The minimum absolute atomic E-state index is 0.144. The van der Waals surface area contributed by atoms with Crippen molar-refractivity contribution in [3.8, 4) is 0 Å². The van der Waals surface area contributed by atoms with E-state index in [1.54, 1.807) is 0 Å². The monoisotopic (exact) mass is 379 g/mol. The lowest BCUT2D eigenvalue weighted by molar-refractivity contribution is -0.123. The number of rotatable bonds is 6. The van der Waals surface area contributed by atoms with Crippen LogP contribution in [-0.4, -0.2) is 36.3 Å². The van der Waals surface area contributed by atoms with Crippen LogP contribution in [0.3, 0.4) is 0 Å². The SMILES string of the molecule is OCCCC1(c2ccc(Cl)c(Cl)c2)CN(Cc2ccccc2)CCO1. The van der Waals surface area contributed by atoms with E-state index in [0.717, 1.165) is 31.6 Å². The molecule has 0 radical (unpaired) electrons. The van der Waals surface area contributed by atoms with Gasteiger partial charge >= 0.3 is 0 Å². The Kier molecular flexibility index (Phi) is 6.37. The number of aliphatic hydroxyl groups is 1. The van der Waals surface area contributed by atoms with Gasteiger partial charge in [-0.05, 0) is 36.1 Å². The molecule has 1 aliphatic rings. The Morgan fingerprint density at radius 2 is 1.88 bits per heavy atom. The Labute approximate surface area is 159 Å². The molecule has 1 N–H and O–H groups in total. The lowest BCUT2D eigenvalue weighted by Gasteiger charge is -2.43. The Hall–Kier alpha value is -1.10. The first-order valence-corrected chi connectivity index (χ1v) is 9.35. The van der Waals surface area contributed by atoms with Gasteiger partial charge in [0.25, 0.3) is 0 Å². The van der Waals surface area contributed by atoms with Gasteiger partial charge in [0.05, 0.1) is 16.7 Å². The number of nitrogens with zero attached hydrogens (tertiary/aromatic N) is 1. The second-order valence-corrected chi connectivity index (χ2v) is 7.31. The highest BCUT2D eigenvalue weighted by atomic mass is 35.5. The first kappa shape index (κ1) is 18.7. The smallest absolute Gasteiger partial charge is 0.106 e. The molecule has 0 bridgehead atoms. The second-order valence-electron chi connectivity index (χ2n) is 6.50. The minimum Gasteiger partial charge on any atom is -0.396 e. The Morgan fingerprint density at radius 3 is 2.60 bits per heavy atom. The van der Waals surface area contributed by atoms with Gasteiger partial charge in [-0.25, -0.2) is 0 Å². The highest BCUT2D eigenvalue weighted by Gasteiger charge is 2.38. The fraction of sp³-hybridized carbons (Fsp3) is 0.400. The molecule has 1 fully saturated rings. The van der Waals surface area contributed by atoms with E-state index in [0.29, 0.717) is 23.1 Å². The summed E-state index contributed by atoms with van der Waals surface area (Å²) in [6.07, 6.45) is 1.42. The summed E-state index contributed by atoms with van der Waals surface area (Å²) in [6, 6.07) is 16.1. The number of aliphatic hydroxyl groups excluding tert-OH is 1. The molecule has 0 saturated carbocycles. The lowest BCUT2D eigenvalue weighted by atomic mass is 9.87. The number of halogens is 2. The van der Waals surface area contributed by atoms with Crippen molar-refractivity contribution in [2.24, 2.45) is 0 Å². The van der Waals surface area contributed by atoms with Gasteiger partial charge in [-0.1, -0.05) is 59.6 Å². The summed E-state index contributed by atoms with van der Waals surface area (Å²) in [6.45, 7) is 3.33. The second kappa shape index (κ2) is 8.52. The van der Waals surface area contributed by atoms with Gasteiger partial charge in [0, 0.05) is 26.2 Å². The summed E-state index contributed by atoms with van der Waals surface area (Å²) in [5.74, 6) is 0. The van der Waals surface area contributed by atoms with Crippen molar-refractivity contribution in [1.29, 1.82) is 0 Å². The molecule has 3 nitrogen and oxygen atoms in total. The number of morpholine rings is 1.